The Morgan fingerprint density at radius 1 is 1.29 bits per heavy atom. The molecule has 1 aliphatic rings. The van der Waals surface area contributed by atoms with E-state index in [4.69, 9.17) is 9.52 Å². The summed E-state index contributed by atoms with van der Waals surface area (Å²) in [6.07, 6.45) is 0.804. The smallest absolute Gasteiger partial charge is 0.339 e. The minimum absolute atomic E-state index is 0.0772. The highest BCUT2D eigenvalue weighted by molar-refractivity contribution is 6.35. The lowest BCUT2D eigenvalue weighted by Crippen LogP contribution is -2.53. The van der Waals surface area contributed by atoms with Gasteiger partial charge in [0.05, 0.1) is 6.54 Å². The summed E-state index contributed by atoms with van der Waals surface area (Å²) in [6.45, 7) is 5.10. The van der Waals surface area contributed by atoms with Gasteiger partial charge in [-0.3, -0.25) is 9.59 Å². The van der Waals surface area contributed by atoms with Gasteiger partial charge in [-0.15, -0.1) is 0 Å². The molecule has 0 aromatic carbocycles. The van der Waals surface area contributed by atoms with Crippen molar-refractivity contribution in [2.75, 3.05) is 19.6 Å². The Morgan fingerprint density at radius 2 is 1.90 bits per heavy atom. The van der Waals surface area contributed by atoms with Gasteiger partial charge in [0, 0.05) is 19.6 Å². The third-order valence-electron chi connectivity index (χ3n) is 3.44. The number of aryl methyl sites for hydroxylation is 1. The maximum Gasteiger partial charge on any atom is 0.339 e. The number of carbonyl (C=O) groups is 3. The van der Waals surface area contributed by atoms with E-state index in [1.165, 1.54) is 15.9 Å². The fourth-order valence-electron chi connectivity index (χ4n) is 2.37. The standard InChI is InChI=1S/C14H18N2O5/c1-3-4-15-5-6-16(13(18)12(15)17)8-10-7-11(14(19)20)9(2)21-10/h7H,3-6,8H2,1-2H3,(H,19,20). The van der Waals surface area contributed by atoms with Crippen molar-refractivity contribution in [2.24, 2.45) is 0 Å². The van der Waals surface area contributed by atoms with E-state index < -0.39 is 17.8 Å². The molecule has 21 heavy (non-hydrogen) atoms. The van der Waals surface area contributed by atoms with Crippen molar-refractivity contribution in [3.63, 3.8) is 0 Å². The Hall–Kier alpha value is -2.31. The molecule has 2 amide bonds. The van der Waals surface area contributed by atoms with E-state index in [0.29, 0.717) is 31.2 Å². The van der Waals surface area contributed by atoms with Gasteiger partial charge in [0.2, 0.25) is 0 Å². The third kappa shape index (κ3) is 3.07. The molecular formula is C14H18N2O5. The normalized spacial score (nSPS) is 15.7. The molecule has 114 valence electrons. The Bertz CT molecular complexity index is 578. The average molecular weight is 294 g/mol. The van der Waals surface area contributed by atoms with E-state index in [-0.39, 0.29) is 12.1 Å². The van der Waals surface area contributed by atoms with Crippen molar-refractivity contribution in [3.05, 3.63) is 23.2 Å². The van der Waals surface area contributed by atoms with Crippen LogP contribution in [0.25, 0.3) is 0 Å². The van der Waals surface area contributed by atoms with Crippen LogP contribution in [0.4, 0.5) is 0 Å². The highest BCUT2D eigenvalue weighted by Gasteiger charge is 2.32. The zero-order chi connectivity index (χ0) is 15.6. The van der Waals surface area contributed by atoms with Crippen LogP contribution in [0.2, 0.25) is 0 Å². The quantitative estimate of drug-likeness (QED) is 0.814. The molecule has 7 heteroatoms. The summed E-state index contributed by atoms with van der Waals surface area (Å²) in [7, 11) is 0. The molecule has 1 saturated heterocycles. The van der Waals surface area contributed by atoms with Gasteiger partial charge >= 0.3 is 17.8 Å². The van der Waals surface area contributed by atoms with Crippen LogP contribution in [-0.2, 0) is 16.1 Å². The first-order valence-corrected chi connectivity index (χ1v) is 6.84. The molecule has 1 aromatic heterocycles. The second kappa shape index (κ2) is 5.99. The Morgan fingerprint density at radius 3 is 2.48 bits per heavy atom. The van der Waals surface area contributed by atoms with Gasteiger partial charge in [-0.05, 0) is 19.4 Å². The fourth-order valence-corrected chi connectivity index (χ4v) is 2.37. The van der Waals surface area contributed by atoms with E-state index in [2.05, 4.69) is 0 Å². The van der Waals surface area contributed by atoms with Gasteiger partial charge in [-0.2, -0.15) is 0 Å². The molecule has 0 spiro atoms. The molecule has 1 aliphatic heterocycles. The maximum atomic E-state index is 12.0. The number of hydrogen-bond acceptors (Lipinski definition) is 4. The average Bonchev–Trinajstić information content (AvgIpc) is 2.80. The molecular weight excluding hydrogens is 276 g/mol. The van der Waals surface area contributed by atoms with E-state index in [9.17, 15) is 14.4 Å². The van der Waals surface area contributed by atoms with Crippen LogP contribution < -0.4 is 0 Å². The van der Waals surface area contributed by atoms with Crippen molar-refractivity contribution >= 4 is 17.8 Å². The minimum Gasteiger partial charge on any atom is -0.478 e. The van der Waals surface area contributed by atoms with Gasteiger partial charge in [0.25, 0.3) is 0 Å². The van der Waals surface area contributed by atoms with Gasteiger partial charge in [-0.1, -0.05) is 6.92 Å². The van der Waals surface area contributed by atoms with Crippen molar-refractivity contribution < 1.29 is 23.9 Å². The van der Waals surface area contributed by atoms with Gasteiger partial charge in [-0.25, -0.2) is 4.79 Å². The summed E-state index contributed by atoms with van der Waals surface area (Å²) in [6, 6.07) is 1.40. The maximum absolute atomic E-state index is 12.0. The molecule has 0 bridgehead atoms. The van der Waals surface area contributed by atoms with E-state index in [0.717, 1.165) is 6.42 Å². The lowest BCUT2D eigenvalue weighted by Gasteiger charge is -2.33. The van der Waals surface area contributed by atoms with Crippen LogP contribution >= 0.6 is 0 Å². The topological polar surface area (TPSA) is 91.1 Å². The number of amides is 2. The number of rotatable bonds is 5. The Balaban J connectivity index is 2.07. The zero-order valence-corrected chi connectivity index (χ0v) is 12.1. The monoisotopic (exact) mass is 294 g/mol. The lowest BCUT2D eigenvalue weighted by atomic mass is 10.2. The summed E-state index contributed by atoms with van der Waals surface area (Å²) >= 11 is 0. The summed E-state index contributed by atoms with van der Waals surface area (Å²) in [4.78, 5) is 37.8. The van der Waals surface area contributed by atoms with Crippen LogP contribution in [0.1, 0.15) is 35.2 Å². The third-order valence-corrected chi connectivity index (χ3v) is 3.44. The fraction of sp³-hybridized carbons (Fsp3) is 0.500. The Labute approximate surface area is 122 Å². The number of aromatic carboxylic acids is 1. The number of furan rings is 1. The number of carboxylic acid groups (broad SMARTS) is 1. The summed E-state index contributed by atoms with van der Waals surface area (Å²) < 4.78 is 5.34. The number of carbonyl (C=O) groups excluding carboxylic acids is 2. The first-order chi connectivity index (χ1) is 9.93. The number of piperazine rings is 1. The summed E-state index contributed by atoms with van der Waals surface area (Å²) in [5, 5.41) is 8.97. The molecule has 0 aliphatic carbocycles. The molecule has 0 radical (unpaired) electrons. The van der Waals surface area contributed by atoms with Crippen molar-refractivity contribution in [3.8, 4) is 0 Å². The van der Waals surface area contributed by atoms with Gasteiger partial charge < -0.3 is 19.3 Å². The van der Waals surface area contributed by atoms with E-state index in [1.54, 1.807) is 6.92 Å². The van der Waals surface area contributed by atoms with Crippen LogP contribution in [0.5, 0.6) is 0 Å². The molecule has 0 atom stereocenters. The summed E-state index contributed by atoms with van der Waals surface area (Å²) in [5.74, 6) is -1.49. The molecule has 1 N–H and O–H groups in total. The second-order valence-electron chi connectivity index (χ2n) is 5.01. The highest BCUT2D eigenvalue weighted by Crippen LogP contribution is 2.18. The van der Waals surface area contributed by atoms with Crippen molar-refractivity contribution in [1.82, 2.24) is 9.80 Å². The molecule has 0 saturated carbocycles. The zero-order valence-electron chi connectivity index (χ0n) is 12.1. The van der Waals surface area contributed by atoms with Crippen LogP contribution in [0.15, 0.2) is 10.5 Å². The Kier molecular flexibility index (Phi) is 4.30. The minimum atomic E-state index is -1.07. The van der Waals surface area contributed by atoms with E-state index >= 15 is 0 Å². The predicted molar refractivity (Wildman–Crippen MR) is 72.7 cm³/mol. The number of hydrogen-bond donors (Lipinski definition) is 1. The molecule has 1 fully saturated rings. The molecule has 7 nitrogen and oxygen atoms in total. The molecule has 0 unspecified atom stereocenters. The highest BCUT2D eigenvalue weighted by atomic mass is 16.4. The largest absolute Gasteiger partial charge is 0.478 e. The first-order valence-electron chi connectivity index (χ1n) is 6.84. The van der Waals surface area contributed by atoms with E-state index in [1.807, 2.05) is 6.92 Å². The first kappa shape index (κ1) is 15.1. The number of carboxylic acids is 1. The molecule has 2 heterocycles. The van der Waals surface area contributed by atoms with Crippen LogP contribution in [0.3, 0.4) is 0 Å². The lowest BCUT2D eigenvalue weighted by molar-refractivity contribution is -0.156. The van der Waals surface area contributed by atoms with Crippen molar-refractivity contribution in [1.29, 1.82) is 0 Å². The van der Waals surface area contributed by atoms with Gasteiger partial charge in [0.1, 0.15) is 17.1 Å². The van der Waals surface area contributed by atoms with Crippen molar-refractivity contribution in [2.45, 2.75) is 26.8 Å². The molecule has 1 aromatic rings. The van der Waals surface area contributed by atoms with Gasteiger partial charge in [0.15, 0.2) is 0 Å². The SMILES string of the molecule is CCCN1CCN(Cc2cc(C(=O)O)c(C)o2)C(=O)C1=O. The number of nitrogens with zero attached hydrogens (tertiary/aromatic N) is 2. The van der Waals surface area contributed by atoms with Crippen LogP contribution in [0, 0.1) is 6.92 Å². The predicted octanol–water partition coefficient (Wildman–Crippen LogP) is 0.867. The summed E-state index contributed by atoms with van der Waals surface area (Å²) in [5.41, 5.74) is 0.0772. The molecule has 2 rings (SSSR count). The van der Waals surface area contributed by atoms with Crippen LogP contribution in [-0.4, -0.2) is 52.3 Å². The second-order valence-corrected chi connectivity index (χ2v) is 5.01.